The number of fused-ring (bicyclic) bond motifs is 1. The SMILES string of the molecule is Cc1nn(C)c(CC(N)C2Cc3ccccc3C2)c1Cl. The van der Waals surface area contributed by atoms with Crippen LogP contribution in [-0.2, 0) is 26.3 Å². The maximum absolute atomic E-state index is 6.44. The van der Waals surface area contributed by atoms with Crippen LogP contribution in [0, 0.1) is 12.8 Å². The Labute approximate surface area is 124 Å². The number of aromatic nitrogens is 2. The van der Waals surface area contributed by atoms with E-state index in [9.17, 15) is 0 Å². The van der Waals surface area contributed by atoms with Gasteiger partial charge in [-0.1, -0.05) is 35.9 Å². The van der Waals surface area contributed by atoms with Crippen molar-refractivity contribution < 1.29 is 0 Å². The zero-order valence-corrected chi connectivity index (χ0v) is 12.7. The van der Waals surface area contributed by atoms with E-state index < -0.39 is 0 Å². The monoisotopic (exact) mass is 289 g/mol. The van der Waals surface area contributed by atoms with Crippen molar-refractivity contribution in [1.29, 1.82) is 0 Å². The van der Waals surface area contributed by atoms with Crippen LogP contribution >= 0.6 is 11.6 Å². The molecule has 106 valence electrons. The second kappa shape index (κ2) is 5.23. The molecule has 1 aromatic heterocycles. The number of nitrogens with zero attached hydrogens (tertiary/aromatic N) is 2. The predicted molar refractivity (Wildman–Crippen MR) is 82.0 cm³/mol. The highest BCUT2D eigenvalue weighted by Gasteiger charge is 2.27. The minimum Gasteiger partial charge on any atom is -0.327 e. The van der Waals surface area contributed by atoms with Crippen LogP contribution in [0.25, 0.3) is 0 Å². The van der Waals surface area contributed by atoms with Gasteiger partial charge in [0.1, 0.15) is 0 Å². The summed E-state index contributed by atoms with van der Waals surface area (Å²) in [5, 5.41) is 5.12. The summed E-state index contributed by atoms with van der Waals surface area (Å²) >= 11 is 6.32. The molecule has 1 unspecified atom stereocenters. The molecule has 1 aliphatic carbocycles. The number of nitrogens with two attached hydrogens (primary N) is 1. The molecule has 2 aromatic rings. The first kappa shape index (κ1) is 13.7. The molecule has 1 aliphatic rings. The van der Waals surface area contributed by atoms with Crippen LogP contribution in [0.3, 0.4) is 0 Å². The van der Waals surface area contributed by atoms with Gasteiger partial charge in [-0.05, 0) is 36.8 Å². The Balaban J connectivity index is 1.74. The van der Waals surface area contributed by atoms with Crippen LogP contribution in [0.5, 0.6) is 0 Å². The Kier molecular flexibility index (Phi) is 3.57. The van der Waals surface area contributed by atoms with Crippen molar-refractivity contribution in [2.24, 2.45) is 18.7 Å². The summed E-state index contributed by atoms with van der Waals surface area (Å²) in [4.78, 5) is 0. The Hall–Kier alpha value is -1.32. The van der Waals surface area contributed by atoms with Crippen molar-refractivity contribution in [3.8, 4) is 0 Å². The summed E-state index contributed by atoms with van der Waals surface area (Å²) in [6, 6.07) is 8.75. The molecule has 1 aromatic carbocycles. The Morgan fingerprint density at radius 2 is 1.95 bits per heavy atom. The van der Waals surface area contributed by atoms with Gasteiger partial charge in [-0.15, -0.1) is 0 Å². The van der Waals surface area contributed by atoms with Gasteiger partial charge in [-0.3, -0.25) is 4.68 Å². The molecule has 1 heterocycles. The summed E-state index contributed by atoms with van der Waals surface area (Å²) in [5.41, 5.74) is 11.3. The third kappa shape index (κ3) is 2.36. The first-order valence-electron chi connectivity index (χ1n) is 7.06. The number of rotatable bonds is 3. The zero-order valence-electron chi connectivity index (χ0n) is 11.9. The molecule has 0 fully saturated rings. The summed E-state index contributed by atoms with van der Waals surface area (Å²) in [7, 11) is 1.93. The molecule has 1 atom stereocenters. The molecule has 20 heavy (non-hydrogen) atoms. The average molecular weight is 290 g/mol. The molecular formula is C16H20ClN3. The maximum Gasteiger partial charge on any atom is 0.0847 e. The van der Waals surface area contributed by atoms with Gasteiger partial charge in [-0.2, -0.15) is 5.10 Å². The molecule has 0 spiro atoms. The highest BCUT2D eigenvalue weighted by Crippen LogP contribution is 2.30. The van der Waals surface area contributed by atoms with E-state index in [-0.39, 0.29) is 6.04 Å². The average Bonchev–Trinajstić information content (AvgIpc) is 2.95. The van der Waals surface area contributed by atoms with Gasteiger partial charge in [0.15, 0.2) is 0 Å². The third-order valence-electron chi connectivity index (χ3n) is 4.38. The molecule has 4 heteroatoms. The second-order valence-electron chi connectivity index (χ2n) is 5.77. The van der Waals surface area contributed by atoms with E-state index in [1.54, 1.807) is 0 Å². The molecule has 0 radical (unpaired) electrons. The first-order chi connectivity index (χ1) is 9.56. The van der Waals surface area contributed by atoms with Gasteiger partial charge in [0.25, 0.3) is 0 Å². The van der Waals surface area contributed by atoms with Crippen molar-refractivity contribution in [3.63, 3.8) is 0 Å². The first-order valence-corrected chi connectivity index (χ1v) is 7.44. The van der Waals surface area contributed by atoms with Crippen LogP contribution in [-0.4, -0.2) is 15.8 Å². The Morgan fingerprint density at radius 3 is 2.45 bits per heavy atom. The Bertz CT molecular complexity index is 608. The van der Waals surface area contributed by atoms with Gasteiger partial charge in [0.2, 0.25) is 0 Å². The molecule has 0 aliphatic heterocycles. The smallest absolute Gasteiger partial charge is 0.0847 e. The summed E-state index contributed by atoms with van der Waals surface area (Å²) < 4.78 is 1.86. The maximum atomic E-state index is 6.44. The molecule has 0 saturated carbocycles. The number of hydrogen-bond donors (Lipinski definition) is 1. The van der Waals surface area contributed by atoms with Crippen molar-refractivity contribution in [2.45, 2.75) is 32.2 Å². The fourth-order valence-electron chi connectivity index (χ4n) is 3.19. The lowest BCUT2D eigenvalue weighted by atomic mass is 9.93. The van der Waals surface area contributed by atoms with Crippen molar-refractivity contribution in [2.75, 3.05) is 0 Å². The summed E-state index contributed by atoms with van der Waals surface area (Å²) in [6.07, 6.45) is 2.94. The fraction of sp³-hybridized carbons (Fsp3) is 0.438. The normalized spacial score (nSPS) is 16.4. The van der Waals surface area contributed by atoms with Gasteiger partial charge >= 0.3 is 0 Å². The minimum absolute atomic E-state index is 0.120. The zero-order chi connectivity index (χ0) is 14.3. The molecule has 0 amide bonds. The molecule has 2 N–H and O–H groups in total. The number of halogens is 1. The minimum atomic E-state index is 0.120. The van der Waals surface area contributed by atoms with E-state index in [2.05, 4.69) is 29.4 Å². The van der Waals surface area contributed by atoms with E-state index >= 15 is 0 Å². The molecule has 3 rings (SSSR count). The molecular weight excluding hydrogens is 270 g/mol. The summed E-state index contributed by atoms with van der Waals surface area (Å²) in [5.74, 6) is 0.499. The molecule has 0 bridgehead atoms. The van der Waals surface area contributed by atoms with Gasteiger partial charge in [-0.25, -0.2) is 0 Å². The van der Waals surface area contributed by atoms with Crippen molar-refractivity contribution in [3.05, 3.63) is 51.8 Å². The lowest BCUT2D eigenvalue weighted by molar-refractivity contribution is 0.428. The van der Waals surface area contributed by atoms with E-state index in [4.69, 9.17) is 17.3 Å². The standard InChI is InChI=1S/C16H20ClN3/c1-10-16(17)15(20(2)19-10)9-14(18)13-7-11-5-3-4-6-12(11)8-13/h3-6,13-14H,7-9,18H2,1-2H3. The van der Waals surface area contributed by atoms with Crippen LogP contribution in [0.1, 0.15) is 22.5 Å². The molecule has 3 nitrogen and oxygen atoms in total. The fourth-order valence-corrected chi connectivity index (χ4v) is 3.42. The van der Waals surface area contributed by atoms with Crippen LogP contribution in [0.2, 0.25) is 5.02 Å². The van der Waals surface area contributed by atoms with Crippen molar-refractivity contribution in [1.82, 2.24) is 9.78 Å². The van der Waals surface area contributed by atoms with Crippen LogP contribution in [0.15, 0.2) is 24.3 Å². The third-order valence-corrected chi connectivity index (χ3v) is 4.87. The Morgan fingerprint density at radius 1 is 1.35 bits per heavy atom. The largest absolute Gasteiger partial charge is 0.327 e. The van der Waals surface area contributed by atoms with Gasteiger partial charge in [0.05, 0.1) is 16.4 Å². The van der Waals surface area contributed by atoms with Gasteiger partial charge < -0.3 is 5.73 Å². The second-order valence-corrected chi connectivity index (χ2v) is 6.15. The molecule has 0 saturated heterocycles. The quantitative estimate of drug-likeness (QED) is 0.944. The topological polar surface area (TPSA) is 43.8 Å². The van der Waals surface area contributed by atoms with E-state index in [0.29, 0.717) is 5.92 Å². The van der Waals surface area contributed by atoms with Crippen LogP contribution < -0.4 is 5.73 Å². The van der Waals surface area contributed by atoms with Gasteiger partial charge in [0, 0.05) is 19.5 Å². The lowest BCUT2D eigenvalue weighted by Gasteiger charge is -2.19. The highest BCUT2D eigenvalue weighted by molar-refractivity contribution is 6.31. The van der Waals surface area contributed by atoms with Crippen LogP contribution in [0.4, 0.5) is 0 Å². The number of benzene rings is 1. The number of hydrogen-bond acceptors (Lipinski definition) is 2. The number of aryl methyl sites for hydroxylation is 2. The summed E-state index contributed by atoms with van der Waals surface area (Å²) in [6.45, 7) is 1.93. The van der Waals surface area contributed by atoms with E-state index in [1.165, 1.54) is 11.1 Å². The van der Waals surface area contributed by atoms with Crippen molar-refractivity contribution >= 4 is 11.6 Å². The van der Waals surface area contributed by atoms with E-state index in [1.807, 2.05) is 18.7 Å². The predicted octanol–water partition coefficient (Wildman–Crippen LogP) is 2.67. The highest BCUT2D eigenvalue weighted by atomic mass is 35.5. The lowest BCUT2D eigenvalue weighted by Crippen LogP contribution is -2.33. The van der Waals surface area contributed by atoms with E-state index in [0.717, 1.165) is 35.7 Å².